The largest absolute Gasteiger partial charge is 0.322 e. The number of hydrogen-bond acceptors (Lipinski definition) is 5. The summed E-state index contributed by atoms with van der Waals surface area (Å²) in [5.41, 5.74) is 1.60. The number of benzene rings is 1. The Kier molecular flexibility index (Phi) is 5.25. The average molecular weight is 376 g/mol. The van der Waals surface area contributed by atoms with E-state index in [9.17, 15) is 4.39 Å². The summed E-state index contributed by atoms with van der Waals surface area (Å²) in [6.07, 6.45) is 3.44. The Morgan fingerprint density at radius 3 is 2.64 bits per heavy atom. The van der Waals surface area contributed by atoms with Gasteiger partial charge in [0.15, 0.2) is 5.82 Å². The molecule has 8 heteroatoms. The molecule has 0 aliphatic heterocycles. The van der Waals surface area contributed by atoms with Crippen molar-refractivity contribution < 1.29 is 4.39 Å². The summed E-state index contributed by atoms with van der Waals surface area (Å²) < 4.78 is 15.7. The predicted octanol–water partition coefficient (Wildman–Crippen LogP) is 5.44. The third kappa shape index (κ3) is 3.78. The lowest BCUT2D eigenvalue weighted by molar-refractivity contribution is 0.627. The highest BCUT2D eigenvalue weighted by atomic mass is 35.5. The highest BCUT2D eigenvalue weighted by Gasteiger charge is 2.10. The molecule has 0 saturated carbocycles. The van der Waals surface area contributed by atoms with Crippen LogP contribution in [0.1, 0.15) is 13.8 Å². The molecular weight excluding hydrogens is 361 g/mol. The minimum Gasteiger partial charge on any atom is -0.322 e. The molecule has 0 spiro atoms. The molecule has 0 saturated heterocycles. The molecule has 0 unspecified atom stereocenters. The molecule has 0 aliphatic carbocycles. The van der Waals surface area contributed by atoms with E-state index in [4.69, 9.17) is 11.6 Å². The SMILES string of the molecule is CC.Fc1ccc(-n2cnc(Nc3nc(Cl)nc4ccsc34)c2)cc1. The van der Waals surface area contributed by atoms with E-state index in [0.717, 1.165) is 15.9 Å². The summed E-state index contributed by atoms with van der Waals surface area (Å²) in [4.78, 5) is 12.7. The molecule has 3 heterocycles. The minimum absolute atomic E-state index is 0.177. The lowest BCUT2D eigenvalue weighted by Crippen LogP contribution is -1.96. The molecule has 0 fully saturated rings. The van der Waals surface area contributed by atoms with Gasteiger partial charge in [0.25, 0.3) is 0 Å². The van der Waals surface area contributed by atoms with E-state index in [2.05, 4.69) is 20.3 Å². The minimum atomic E-state index is -0.275. The van der Waals surface area contributed by atoms with Crippen molar-refractivity contribution in [3.8, 4) is 5.69 Å². The number of anilines is 2. The second kappa shape index (κ2) is 7.58. The van der Waals surface area contributed by atoms with Crippen LogP contribution < -0.4 is 5.32 Å². The molecule has 0 radical (unpaired) electrons. The topological polar surface area (TPSA) is 55.6 Å². The van der Waals surface area contributed by atoms with Gasteiger partial charge in [-0.15, -0.1) is 11.3 Å². The van der Waals surface area contributed by atoms with Gasteiger partial charge >= 0.3 is 0 Å². The Balaban J connectivity index is 0.000000880. The van der Waals surface area contributed by atoms with Gasteiger partial charge in [0.2, 0.25) is 5.28 Å². The molecule has 5 nitrogen and oxygen atoms in total. The summed E-state index contributed by atoms with van der Waals surface area (Å²) >= 11 is 7.47. The highest BCUT2D eigenvalue weighted by Crippen LogP contribution is 2.29. The first kappa shape index (κ1) is 17.3. The summed E-state index contributed by atoms with van der Waals surface area (Å²) in [5, 5.41) is 5.25. The van der Waals surface area contributed by atoms with Crippen LogP contribution in [0, 0.1) is 5.82 Å². The maximum absolute atomic E-state index is 13.0. The van der Waals surface area contributed by atoms with Crippen molar-refractivity contribution in [2.45, 2.75) is 13.8 Å². The zero-order chi connectivity index (χ0) is 17.8. The van der Waals surface area contributed by atoms with Gasteiger partial charge in [-0.1, -0.05) is 13.8 Å². The quantitative estimate of drug-likeness (QED) is 0.484. The fourth-order valence-electron chi connectivity index (χ4n) is 2.18. The molecule has 1 N–H and O–H groups in total. The van der Waals surface area contributed by atoms with Gasteiger partial charge < -0.3 is 9.88 Å². The number of nitrogens with zero attached hydrogens (tertiary/aromatic N) is 4. The highest BCUT2D eigenvalue weighted by molar-refractivity contribution is 7.17. The van der Waals surface area contributed by atoms with Crippen LogP contribution in [-0.2, 0) is 0 Å². The number of fused-ring (bicyclic) bond motifs is 1. The maximum atomic E-state index is 13.0. The van der Waals surface area contributed by atoms with E-state index < -0.39 is 0 Å². The lowest BCUT2D eigenvalue weighted by Gasteiger charge is -2.04. The van der Waals surface area contributed by atoms with Crippen molar-refractivity contribution >= 4 is 44.8 Å². The molecular formula is C17H15ClFN5S. The number of nitrogens with one attached hydrogen (secondary N) is 1. The van der Waals surface area contributed by atoms with Crippen molar-refractivity contribution in [2.75, 3.05) is 5.32 Å². The van der Waals surface area contributed by atoms with Crippen molar-refractivity contribution in [3.63, 3.8) is 0 Å². The van der Waals surface area contributed by atoms with Crippen LogP contribution in [0.25, 0.3) is 15.9 Å². The number of hydrogen-bond donors (Lipinski definition) is 1. The molecule has 25 heavy (non-hydrogen) atoms. The second-order valence-corrected chi connectivity index (χ2v) is 6.00. The number of rotatable bonds is 3. The predicted molar refractivity (Wildman–Crippen MR) is 101 cm³/mol. The van der Waals surface area contributed by atoms with Crippen LogP contribution in [-0.4, -0.2) is 19.5 Å². The summed E-state index contributed by atoms with van der Waals surface area (Å²) in [7, 11) is 0. The number of imidazole rings is 1. The van der Waals surface area contributed by atoms with E-state index in [0.29, 0.717) is 11.6 Å². The summed E-state index contributed by atoms with van der Waals surface area (Å²) in [5.74, 6) is 0.945. The zero-order valence-electron chi connectivity index (χ0n) is 13.6. The van der Waals surface area contributed by atoms with Crippen LogP contribution in [0.5, 0.6) is 0 Å². The molecule has 0 bridgehead atoms. The lowest BCUT2D eigenvalue weighted by atomic mass is 10.3. The van der Waals surface area contributed by atoms with Crippen LogP contribution in [0.3, 0.4) is 0 Å². The van der Waals surface area contributed by atoms with Gasteiger partial charge in [-0.05, 0) is 47.3 Å². The summed E-state index contributed by atoms with van der Waals surface area (Å²) in [6.45, 7) is 4.00. The van der Waals surface area contributed by atoms with Gasteiger partial charge in [-0.25, -0.2) is 14.4 Å². The normalized spacial score (nSPS) is 10.4. The first-order valence-electron chi connectivity index (χ1n) is 7.67. The van der Waals surface area contributed by atoms with Gasteiger partial charge in [0.05, 0.1) is 16.4 Å². The Bertz CT molecular complexity index is 980. The molecule has 0 amide bonds. The van der Waals surface area contributed by atoms with Crippen LogP contribution in [0.4, 0.5) is 16.0 Å². The van der Waals surface area contributed by atoms with E-state index in [1.54, 1.807) is 29.2 Å². The van der Waals surface area contributed by atoms with Crippen LogP contribution >= 0.6 is 22.9 Å². The number of halogens is 2. The molecule has 4 rings (SSSR count). The molecule has 3 aromatic heterocycles. The van der Waals surface area contributed by atoms with E-state index in [-0.39, 0.29) is 11.1 Å². The number of aromatic nitrogens is 4. The Morgan fingerprint density at radius 2 is 1.88 bits per heavy atom. The first-order valence-corrected chi connectivity index (χ1v) is 8.92. The Morgan fingerprint density at radius 1 is 1.12 bits per heavy atom. The maximum Gasteiger partial charge on any atom is 0.224 e. The Labute approximate surface area is 153 Å². The summed E-state index contributed by atoms with van der Waals surface area (Å²) in [6, 6.07) is 8.05. The number of thiophene rings is 1. The monoisotopic (exact) mass is 375 g/mol. The van der Waals surface area contributed by atoms with Crippen molar-refractivity contribution in [1.29, 1.82) is 0 Å². The van der Waals surface area contributed by atoms with Crippen molar-refractivity contribution in [3.05, 3.63) is 59.3 Å². The molecule has 1 aromatic carbocycles. The van der Waals surface area contributed by atoms with Crippen LogP contribution in [0.2, 0.25) is 5.28 Å². The first-order chi connectivity index (χ1) is 12.2. The fourth-order valence-corrected chi connectivity index (χ4v) is 3.13. The van der Waals surface area contributed by atoms with E-state index in [1.165, 1.54) is 23.5 Å². The standard InChI is InChI=1S/C15H9ClFN5S.C2H6/c16-15-19-11-5-6-23-13(11)14(21-15)20-12-7-22(8-18-12)10-3-1-9(17)2-4-10;1-2/h1-8H,(H,19,20,21);1-2H3. The van der Waals surface area contributed by atoms with Crippen LogP contribution in [0.15, 0.2) is 48.2 Å². The van der Waals surface area contributed by atoms with Gasteiger partial charge in [0.1, 0.15) is 18.0 Å². The molecule has 4 aromatic rings. The third-order valence-electron chi connectivity index (χ3n) is 3.23. The second-order valence-electron chi connectivity index (χ2n) is 4.74. The Hall–Kier alpha value is -2.51. The average Bonchev–Trinajstić information content (AvgIpc) is 3.27. The van der Waals surface area contributed by atoms with Gasteiger partial charge in [-0.2, -0.15) is 4.98 Å². The van der Waals surface area contributed by atoms with E-state index in [1.807, 2.05) is 25.3 Å². The van der Waals surface area contributed by atoms with Crippen molar-refractivity contribution in [2.24, 2.45) is 0 Å². The van der Waals surface area contributed by atoms with Gasteiger partial charge in [-0.3, -0.25) is 0 Å². The molecule has 128 valence electrons. The molecule has 0 atom stereocenters. The molecule has 0 aliphatic rings. The third-order valence-corrected chi connectivity index (χ3v) is 4.31. The fraction of sp³-hybridized carbons (Fsp3) is 0.118. The van der Waals surface area contributed by atoms with Crippen molar-refractivity contribution in [1.82, 2.24) is 19.5 Å². The zero-order valence-corrected chi connectivity index (χ0v) is 15.1. The van der Waals surface area contributed by atoms with E-state index >= 15 is 0 Å². The smallest absolute Gasteiger partial charge is 0.224 e. The van der Waals surface area contributed by atoms with Gasteiger partial charge in [0, 0.05) is 5.69 Å².